The fraction of sp³-hybridized carbons (Fsp3) is 0.714. The second-order valence-corrected chi connectivity index (χ2v) is 8.46. The van der Waals surface area contributed by atoms with Gasteiger partial charge in [-0.1, -0.05) is 26.7 Å². The molecule has 1 aromatic rings. The van der Waals surface area contributed by atoms with E-state index in [1.54, 1.807) is 0 Å². The summed E-state index contributed by atoms with van der Waals surface area (Å²) >= 11 is 5.34. The predicted octanol–water partition coefficient (Wildman–Crippen LogP) is 4.60. The molecular formula is C14H22BrNS. The minimum Gasteiger partial charge on any atom is -0.327 e. The minimum atomic E-state index is 0.316. The lowest BCUT2D eigenvalue weighted by molar-refractivity contribution is 0.113. The van der Waals surface area contributed by atoms with Crippen LogP contribution in [0.1, 0.15) is 44.4 Å². The summed E-state index contributed by atoms with van der Waals surface area (Å²) in [6.07, 6.45) is 6.40. The number of rotatable bonds is 3. The van der Waals surface area contributed by atoms with Crippen LogP contribution in [0.3, 0.4) is 0 Å². The summed E-state index contributed by atoms with van der Waals surface area (Å²) < 4.78 is 1.21. The Morgan fingerprint density at radius 3 is 2.82 bits per heavy atom. The van der Waals surface area contributed by atoms with Crippen molar-refractivity contribution in [3.8, 4) is 0 Å². The molecule has 0 amide bonds. The average Bonchev–Trinajstić information content (AvgIpc) is 2.63. The van der Waals surface area contributed by atoms with E-state index in [-0.39, 0.29) is 0 Å². The molecule has 1 saturated carbocycles. The lowest BCUT2D eigenvalue weighted by atomic mass is 9.65. The zero-order valence-corrected chi connectivity index (χ0v) is 13.1. The molecular weight excluding hydrogens is 294 g/mol. The predicted molar refractivity (Wildman–Crippen MR) is 79.4 cm³/mol. The van der Waals surface area contributed by atoms with E-state index < -0.39 is 0 Å². The smallest absolute Gasteiger partial charge is 0.0701 e. The van der Waals surface area contributed by atoms with E-state index in [4.69, 9.17) is 5.73 Å². The van der Waals surface area contributed by atoms with E-state index in [1.165, 1.54) is 34.3 Å². The highest BCUT2D eigenvalue weighted by Gasteiger charge is 2.35. The Morgan fingerprint density at radius 2 is 2.24 bits per heavy atom. The molecule has 0 aliphatic heterocycles. The van der Waals surface area contributed by atoms with Crippen LogP contribution in [0.15, 0.2) is 15.9 Å². The molecule has 17 heavy (non-hydrogen) atoms. The van der Waals surface area contributed by atoms with Gasteiger partial charge in [0.15, 0.2) is 0 Å². The van der Waals surface area contributed by atoms with Gasteiger partial charge in [-0.05, 0) is 58.7 Å². The van der Waals surface area contributed by atoms with Crippen molar-refractivity contribution in [3.05, 3.63) is 20.8 Å². The maximum absolute atomic E-state index is 6.46. The summed E-state index contributed by atoms with van der Waals surface area (Å²) in [7, 11) is 0. The van der Waals surface area contributed by atoms with E-state index in [2.05, 4.69) is 41.9 Å². The minimum absolute atomic E-state index is 0.316. The first-order valence-corrected chi connectivity index (χ1v) is 8.10. The fourth-order valence-corrected chi connectivity index (χ4v) is 4.70. The molecule has 0 radical (unpaired) electrons. The molecule has 96 valence electrons. The highest BCUT2D eigenvalue weighted by atomic mass is 79.9. The first-order valence-electron chi connectivity index (χ1n) is 6.49. The van der Waals surface area contributed by atoms with Crippen molar-refractivity contribution in [3.63, 3.8) is 0 Å². The van der Waals surface area contributed by atoms with Crippen LogP contribution in [0.2, 0.25) is 0 Å². The monoisotopic (exact) mass is 315 g/mol. The molecule has 1 aliphatic rings. The molecule has 1 aliphatic carbocycles. The number of hydrogen-bond acceptors (Lipinski definition) is 2. The number of halogens is 1. The van der Waals surface area contributed by atoms with E-state index in [0.717, 1.165) is 6.42 Å². The molecule has 0 bridgehead atoms. The zero-order chi connectivity index (χ0) is 12.5. The summed E-state index contributed by atoms with van der Waals surface area (Å²) in [5, 5.41) is 0. The van der Waals surface area contributed by atoms with Gasteiger partial charge in [-0.3, -0.25) is 0 Å². The van der Waals surface area contributed by atoms with Gasteiger partial charge in [-0.15, -0.1) is 11.3 Å². The molecule has 0 spiro atoms. The topological polar surface area (TPSA) is 26.0 Å². The van der Waals surface area contributed by atoms with Crippen molar-refractivity contribution in [2.24, 2.45) is 17.1 Å². The van der Waals surface area contributed by atoms with E-state index in [1.807, 2.05) is 11.3 Å². The molecule has 2 N–H and O–H groups in total. The van der Waals surface area contributed by atoms with Crippen LogP contribution in [0, 0.1) is 11.3 Å². The number of thiophene rings is 1. The van der Waals surface area contributed by atoms with Crippen molar-refractivity contribution >= 4 is 27.3 Å². The van der Waals surface area contributed by atoms with Gasteiger partial charge in [0.25, 0.3) is 0 Å². The van der Waals surface area contributed by atoms with Crippen LogP contribution in [0.25, 0.3) is 0 Å². The van der Waals surface area contributed by atoms with Gasteiger partial charge in [0.05, 0.1) is 3.79 Å². The standard InChI is InChI=1S/C14H22BrNS/c1-14(2)8-4-3-5-11(14)12(16)9-10-6-7-13(15)17-10/h6-7,11-12H,3-5,8-9,16H2,1-2H3. The lowest BCUT2D eigenvalue weighted by Crippen LogP contribution is -2.42. The largest absolute Gasteiger partial charge is 0.327 e. The van der Waals surface area contributed by atoms with Gasteiger partial charge < -0.3 is 5.73 Å². The van der Waals surface area contributed by atoms with E-state index >= 15 is 0 Å². The normalized spacial score (nSPS) is 25.8. The highest BCUT2D eigenvalue weighted by Crippen LogP contribution is 2.42. The van der Waals surface area contributed by atoms with Crippen LogP contribution in [-0.4, -0.2) is 6.04 Å². The number of nitrogens with two attached hydrogens (primary N) is 1. The molecule has 1 nitrogen and oxygen atoms in total. The Bertz CT molecular complexity index is 372. The van der Waals surface area contributed by atoms with Gasteiger partial charge in [-0.25, -0.2) is 0 Å². The molecule has 3 heteroatoms. The molecule has 0 saturated heterocycles. The summed E-state index contributed by atoms with van der Waals surface area (Å²) in [5.74, 6) is 0.678. The van der Waals surface area contributed by atoms with Gasteiger partial charge in [0.2, 0.25) is 0 Å². The second-order valence-electron chi connectivity index (χ2n) is 5.91. The Kier molecular flexibility index (Phi) is 4.32. The Hall–Kier alpha value is 0.140. The molecule has 1 aromatic heterocycles. The molecule has 1 heterocycles. The van der Waals surface area contributed by atoms with Gasteiger partial charge in [0.1, 0.15) is 0 Å². The molecule has 1 fully saturated rings. The summed E-state index contributed by atoms with van der Waals surface area (Å²) in [4.78, 5) is 1.41. The van der Waals surface area contributed by atoms with Crippen LogP contribution >= 0.6 is 27.3 Å². The van der Waals surface area contributed by atoms with Gasteiger partial charge in [0, 0.05) is 10.9 Å². The van der Waals surface area contributed by atoms with Crippen molar-refractivity contribution < 1.29 is 0 Å². The first-order chi connectivity index (χ1) is 7.99. The number of hydrogen-bond donors (Lipinski definition) is 1. The maximum atomic E-state index is 6.46. The Labute approximate surface area is 117 Å². The van der Waals surface area contributed by atoms with Crippen LogP contribution in [0.5, 0.6) is 0 Å². The summed E-state index contributed by atoms with van der Waals surface area (Å²) in [6, 6.07) is 4.64. The third-order valence-corrected chi connectivity index (χ3v) is 5.82. The molecule has 2 unspecified atom stereocenters. The van der Waals surface area contributed by atoms with Crippen molar-refractivity contribution in [2.45, 2.75) is 52.0 Å². The third-order valence-electron chi connectivity index (χ3n) is 4.17. The molecule has 0 aromatic carbocycles. The second kappa shape index (κ2) is 5.41. The fourth-order valence-electron chi connectivity index (χ4n) is 3.15. The maximum Gasteiger partial charge on any atom is 0.0701 e. The van der Waals surface area contributed by atoms with Gasteiger partial charge in [-0.2, -0.15) is 0 Å². The average molecular weight is 316 g/mol. The van der Waals surface area contributed by atoms with Crippen molar-refractivity contribution in [1.82, 2.24) is 0 Å². The van der Waals surface area contributed by atoms with Crippen molar-refractivity contribution in [2.75, 3.05) is 0 Å². The molecule has 2 atom stereocenters. The summed E-state index contributed by atoms with van der Waals surface area (Å²) in [6.45, 7) is 4.78. The van der Waals surface area contributed by atoms with Crippen LogP contribution in [0.4, 0.5) is 0 Å². The SMILES string of the molecule is CC1(C)CCCCC1C(N)Cc1ccc(Br)s1. The zero-order valence-electron chi connectivity index (χ0n) is 10.7. The highest BCUT2D eigenvalue weighted by molar-refractivity contribution is 9.11. The van der Waals surface area contributed by atoms with Crippen LogP contribution < -0.4 is 5.73 Å². The Morgan fingerprint density at radius 1 is 1.47 bits per heavy atom. The van der Waals surface area contributed by atoms with Crippen molar-refractivity contribution in [1.29, 1.82) is 0 Å². The van der Waals surface area contributed by atoms with E-state index in [9.17, 15) is 0 Å². The summed E-state index contributed by atoms with van der Waals surface area (Å²) in [5.41, 5.74) is 6.88. The molecule has 2 rings (SSSR count). The van der Waals surface area contributed by atoms with E-state index in [0.29, 0.717) is 17.4 Å². The first kappa shape index (κ1) is 13.6. The Balaban J connectivity index is 2.01. The van der Waals surface area contributed by atoms with Gasteiger partial charge >= 0.3 is 0 Å². The van der Waals surface area contributed by atoms with Crippen LogP contribution in [-0.2, 0) is 6.42 Å². The lowest BCUT2D eigenvalue weighted by Gasteiger charge is -2.42. The quantitative estimate of drug-likeness (QED) is 0.867. The third kappa shape index (κ3) is 3.33.